The Bertz CT molecular complexity index is 330. The molecule has 1 aromatic carbocycles. The standard InChI is InChI=1S/C9H9Cl2FN2/c10-7-1-5(2-8(11)9(7)12)14-6-3-13-4-6/h1-2,6,13-14H,3-4H2. The molecule has 1 aliphatic rings. The predicted octanol–water partition coefficient (Wildman–Crippen LogP) is 2.52. The molecule has 1 heterocycles. The lowest BCUT2D eigenvalue weighted by Gasteiger charge is -2.29. The fourth-order valence-corrected chi connectivity index (χ4v) is 1.75. The van der Waals surface area contributed by atoms with E-state index in [1.807, 2.05) is 0 Å². The Labute approximate surface area is 91.4 Å². The molecule has 1 aromatic rings. The zero-order valence-corrected chi connectivity index (χ0v) is 8.79. The zero-order chi connectivity index (χ0) is 10.1. The molecule has 2 rings (SSSR count). The second-order valence-electron chi connectivity index (χ2n) is 3.25. The maximum absolute atomic E-state index is 13.0. The fraction of sp³-hybridized carbons (Fsp3) is 0.333. The summed E-state index contributed by atoms with van der Waals surface area (Å²) < 4.78 is 13.0. The Morgan fingerprint density at radius 3 is 2.29 bits per heavy atom. The molecule has 2 N–H and O–H groups in total. The van der Waals surface area contributed by atoms with Gasteiger partial charge in [-0.3, -0.25) is 0 Å². The van der Waals surface area contributed by atoms with E-state index in [2.05, 4.69) is 10.6 Å². The van der Waals surface area contributed by atoms with E-state index in [1.165, 1.54) is 0 Å². The highest BCUT2D eigenvalue weighted by molar-refractivity contribution is 6.35. The van der Waals surface area contributed by atoms with Crippen molar-refractivity contribution in [2.24, 2.45) is 0 Å². The molecular weight excluding hydrogens is 226 g/mol. The van der Waals surface area contributed by atoms with Crippen LogP contribution in [0.25, 0.3) is 0 Å². The maximum Gasteiger partial charge on any atom is 0.160 e. The van der Waals surface area contributed by atoms with Crippen molar-refractivity contribution in [3.05, 3.63) is 28.0 Å². The number of halogens is 3. The molecule has 2 nitrogen and oxygen atoms in total. The van der Waals surface area contributed by atoms with Crippen LogP contribution >= 0.6 is 23.2 Å². The van der Waals surface area contributed by atoms with Crippen LogP contribution in [0.4, 0.5) is 10.1 Å². The van der Waals surface area contributed by atoms with Crippen LogP contribution in [0.5, 0.6) is 0 Å². The summed E-state index contributed by atoms with van der Waals surface area (Å²) in [5.41, 5.74) is 0.757. The van der Waals surface area contributed by atoms with Crippen molar-refractivity contribution < 1.29 is 4.39 Å². The minimum atomic E-state index is -0.564. The Morgan fingerprint density at radius 2 is 1.86 bits per heavy atom. The Balaban J connectivity index is 2.17. The van der Waals surface area contributed by atoms with Crippen molar-refractivity contribution in [2.45, 2.75) is 6.04 Å². The monoisotopic (exact) mass is 234 g/mol. The van der Waals surface area contributed by atoms with Gasteiger partial charge in [-0.2, -0.15) is 0 Å². The van der Waals surface area contributed by atoms with Gasteiger partial charge >= 0.3 is 0 Å². The van der Waals surface area contributed by atoms with Gasteiger partial charge in [0, 0.05) is 18.8 Å². The topological polar surface area (TPSA) is 24.1 Å². The zero-order valence-electron chi connectivity index (χ0n) is 7.28. The molecule has 0 spiro atoms. The van der Waals surface area contributed by atoms with Gasteiger partial charge in [0.2, 0.25) is 0 Å². The Morgan fingerprint density at radius 1 is 1.29 bits per heavy atom. The van der Waals surface area contributed by atoms with E-state index < -0.39 is 5.82 Å². The number of rotatable bonds is 2. The molecule has 0 unspecified atom stereocenters. The Kier molecular flexibility index (Phi) is 2.81. The lowest BCUT2D eigenvalue weighted by molar-refractivity contribution is 0.472. The van der Waals surface area contributed by atoms with Gasteiger partial charge in [-0.15, -0.1) is 0 Å². The highest BCUT2D eigenvalue weighted by Gasteiger charge is 2.17. The maximum atomic E-state index is 13.0. The van der Waals surface area contributed by atoms with Gasteiger partial charge in [0.1, 0.15) is 0 Å². The SMILES string of the molecule is Fc1c(Cl)cc(NC2CNC2)cc1Cl. The molecule has 1 saturated heterocycles. The first-order valence-corrected chi connectivity index (χ1v) is 5.04. The van der Waals surface area contributed by atoms with E-state index >= 15 is 0 Å². The van der Waals surface area contributed by atoms with E-state index in [0.717, 1.165) is 18.8 Å². The second kappa shape index (κ2) is 3.93. The van der Waals surface area contributed by atoms with Crippen LogP contribution in [0.15, 0.2) is 12.1 Å². The minimum absolute atomic E-state index is 0.0484. The largest absolute Gasteiger partial charge is 0.380 e. The van der Waals surface area contributed by atoms with Gasteiger partial charge < -0.3 is 10.6 Å². The van der Waals surface area contributed by atoms with E-state index in [-0.39, 0.29) is 10.0 Å². The van der Waals surface area contributed by atoms with E-state index in [0.29, 0.717) is 6.04 Å². The summed E-state index contributed by atoms with van der Waals surface area (Å²) in [5.74, 6) is -0.564. The molecule has 0 aliphatic carbocycles. The third-order valence-electron chi connectivity index (χ3n) is 2.14. The number of hydrogen-bond acceptors (Lipinski definition) is 2. The molecule has 0 saturated carbocycles. The molecule has 0 bridgehead atoms. The molecule has 14 heavy (non-hydrogen) atoms. The van der Waals surface area contributed by atoms with Crippen LogP contribution < -0.4 is 10.6 Å². The summed E-state index contributed by atoms with van der Waals surface area (Å²) in [6.07, 6.45) is 0. The summed E-state index contributed by atoms with van der Waals surface area (Å²) in [6.45, 7) is 1.82. The quantitative estimate of drug-likeness (QED) is 0.769. The summed E-state index contributed by atoms with van der Waals surface area (Å²) in [4.78, 5) is 0. The van der Waals surface area contributed by atoms with E-state index in [1.54, 1.807) is 12.1 Å². The van der Waals surface area contributed by atoms with Gasteiger partial charge in [0.25, 0.3) is 0 Å². The summed E-state index contributed by atoms with van der Waals surface area (Å²) in [5, 5.41) is 6.41. The van der Waals surface area contributed by atoms with Gasteiger partial charge in [-0.05, 0) is 12.1 Å². The molecule has 0 amide bonds. The van der Waals surface area contributed by atoms with Gasteiger partial charge in [0.15, 0.2) is 5.82 Å². The third kappa shape index (κ3) is 1.95. The predicted molar refractivity (Wildman–Crippen MR) is 56.7 cm³/mol. The third-order valence-corrected chi connectivity index (χ3v) is 2.69. The molecule has 76 valence electrons. The molecule has 0 aromatic heterocycles. The summed E-state index contributed by atoms with van der Waals surface area (Å²) in [7, 11) is 0. The van der Waals surface area contributed by atoms with E-state index in [9.17, 15) is 4.39 Å². The molecule has 0 radical (unpaired) electrons. The first-order valence-electron chi connectivity index (χ1n) is 4.28. The lowest BCUT2D eigenvalue weighted by atomic mass is 10.1. The number of anilines is 1. The van der Waals surface area contributed by atoms with E-state index in [4.69, 9.17) is 23.2 Å². The van der Waals surface area contributed by atoms with Gasteiger partial charge in [0.05, 0.1) is 16.1 Å². The highest BCUT2D eigenvalue weighted by atomic mass is 35.5. The lowest BCUT2D eigenvalue weighted by Crippen LogP contribution is -2.51. The average Bonchev–Trinajstić information content (AvgIpc) is 2.07. The van der Waals surface area contributed by atoms with Crippen LogP contribution in [0.2, 0.25) is 10.0 Å². The average molecular weight is 235 g/mol. The smallest absolute Gasteiger partial charge is 0.160 e. The van der Waals surface area contributed by atoms with Crippen molar-refractivity contribution >= 4 is 28.9 Å². The molecule has 0 atom stereocenters. The summed E-state index contributed by atoms with van der Waals surface area (Å²) >= 11 is 11.3. The van der Waals surface area contributed by atoms with Crippen molar-refractivity contribution in [2.75, 3.05) is 18.4 Å². The van der Waals surface area contributed by atoms with Crippen LogP contribution in [-0.4, -0.2) is 19.1 Å². The molecular formula is C9H9Cl2FN2. The van der Waals surface area contributed by atoms with Crippen LogP contribution in [0.1, 0.15) is 0 Å². The van der Waals surface area contributed by atoms with Crippen LogP contribution in [0, 0.1) is 5.82 Å². The van der Waals surface area contributed by atoms with Crippen molar-refractivity contribution in [1.82, 2.24) is 5.32 Å². The minimum Gasteiger partial charge on any atom is -0.380 e. The van der Waals surface area contributed by atoms with Crippen LogP contribution in [0.3, 0.4) is 0 Å². The fourth-order valence-electron chi connectivity index (χ4n) is 1.27. The van der Waals surface area contributed by atoms with Crippen molar-refractivity contribution in [3.63, 3.8) is 0 Å². The molecule has 1 fully saturated rings. The van der Waals surface area contributed by atoms with Crippen molar-refractivity contribution in [1.29, 1.82) is 0 Å². The van der Waals surface area contributed by atoms with Crippen molar-refractivity contribution in [3.8, 4) is 0 Å². The first-order chi connectivity index (χ1) is 6.66. The molecule has 1 aliphatic heterocycles. The number of benzene rings is 1. The number of nitrogens with one attached hydrogen (secondary N) is 2. The first kappa shape index (κ1) is 10.0. The van der Waals surface area contributed by atoms with Crippen LogP contribution in [-0.2, 0) is 0 Å². The van der Waals surface area contributed by atoms with Gasteiger partial charge in [-0.25, -0.2) is 4.39 Å². The number of hydrogen-bond donors (Lipinski definition) is 2. The normalized spacial score (nSPS) is 16.5. The second-order valence-corrected chi connectivity index (χ2v) is 4.07. The Hall–Kier alpha value is -0.510. The summed E-state index contributed by atoms with van der Waals surface area (Å²) in [6, 6.07) is 3.47. The molecule has 5 heteroatoms. The van der Waals surface area contributed by atoms with Gasteiger partial charge in [-0.1, -0.05) is 23.2 Å². The highest BCUT2D eigenvalue weighted by Crippen LogP contribution is 2.27.